The summed E-state index contributed by atoms with van der Waals surface area (Å²) in [5.74, 6) is 1.01. The summed E-state index contributed by atoms with van der Waals surface area (Å²) < 4.78 is 8.21. The predicted molar refractivity (Wildman–Crippen MR) is 156 cm³/mol. The first kappa shape index (κ1) is 25.9. The third-order valence-corrected chi connectivity index (χ3v) is 6.91. The number of allylic oxidation sites excluding steroid dienone is 1. The quantitative estimate of drug-likeness (QED) is 0.172. The standard InChI is InChI=1S/C17H11N2O.C17H13N2.Ir/c1-11-8-9-13-12-5-4-6-14(15-7-2-3-10-18-15)16(12)20-17(13)19-11;1-12-10-14-8-5-9-19-16(14)15(11-12)18-17(19)13-6-3-2-4-7-13;/h2-5,7-10H,1H3;2-6,8,10-11H,9H2,1H3;/q2*-1;. The number of furan rings is 1. The average Bonchev–Trinajstić information content (AvgIpc) is 3.53. The van der Waals surface area contributed by atoms with E-state index in [9.17, 15) is 0 Å². The minimum Gasteiger partial charge on any atom is -0.486 e. The van der Waals surface area contributed by atoms with Crippen LogP contribution >= 0.6 is 0 Å². The van der Waals surface area contributed by atoms with E-state index in [0.717, 1.165) is 56.8 Å². The van der Waals surface area contributed by atoms with Gasteiger partial charge in [0, 0.05) is 43.9 Å². The molecule has 0 spiro atoms. The van der Waals surface area contributed by atoms with Gasteiger partial charge in [-0.15, -0.1) is 54.1 Å². The van der Waals surface area contributed by atoms with Gasteiger partial charge in [-0.1, -0.05) is 35.2 Å². The second-order valence-electron chi connectivity index (χ2n) is 9.66. The van der Waals surface area contributed by atoms with Crippen LogP contribution in [0.25, 0.3) is 61.8 Å². The summed E-state index contributed by atoms with van der Waals surface area (Å²) in [7, 11) is 0. The maximum absolute atomic E-state index is 5.94. The number of pyridine rings is 2. The summed E-state index contributed by atoms with van der Waals surface area (Å²) >= 11 is 0. The first-order valence-corrected chi connectivity index (χ1v) is 12.9. The molecule has 0 unspecified atom stereocenters. The van der Waals surface area contributed by atoms with E-state index in [4.69, 9.17) is 9.40 Å². The normalized spacial score (nSPS) is 11.8. The van der Waals surface area contributed by atoms with Crippen molar-refractivity contribution in [2.75, 3.05) is 0 Å². The number of hydrogen-bond acceptors (Lipinski definition) is 4. The molecular weight excluding hydrogens is 673 g/mol. The van der Waals surface area contributed by atoms with E-state index in [-0.39, 0.29) is 20.1 Å². The molecule has 6 heteroatoms. The van der Waals surface area contributed by atoms with Crippen molar-refractivity contribution < 1.29 is 24.5 Å². The van der Waals surface area contributed by atoms with Crippen LogP contribution in [0.15, 0.2) is 95.6 Å². The van der Waals surface area contributed by atoms with Gasteiger partial charge in [-0.3, -0.25) is 4.98 Å². The molecule has 4 aromatic heterocycles. The molecule has 1 radical (unpaired) electrons. The Bertz CT molecular complexity index is 2010. The molecule has 8 rings (SSSR count). The molecule has 0 bridgehead atoms. The second kappa shape index (κ2) is 10.6. The maximum Gasteiger partial charge on any atom is 0.216 e. The molecule has 0 saturated carbocycles. The van der Waals surface area contributed by atoms with Crippen molar-refractivity contribution in [1.82, 2.24) is 19.5 Å². The molecule has 0 atom stereocenters. The zero-order chi connectivity index (χ0) is 26.3. The van der Waals surface area contributed by atoms with Crippen LogP contribution in [0.1, 0.15) is 16.8 Å². The van der Waals surface area contributed by atoms with Gasteiger partial charge in [0.05, 0.1) is 22.4 Å². The smallest absolute Gasteiger partial charge is 0.216 e. The molecule has 0 saturated heterocycles. The number of benzene rings is 3. The topological polar surface area (TPSA) is 56.7 Å². The Morgan fingerprint density at radius 3 is 2.60 bits per heavy atom. The van der Waals surface area contributed by atoms with Gasteiger partial charge in [0.25, 0.3) is 0 Å². The van der Waals surface area contributed by atoms with Crippen LogP contribution in [0.2, 0.25) is 0 Å². The number of fused-ring (bicyclic) bond motifs is 3. The molecule has 5 heterocycles. The molecule has 40 heavy (non-hydrogen) atoms. The van der Waals surface area contributed by atoms with Crippen molar-refractivity contribution in [2.24, 2.45) is 0 Å². The SMILES string of the molecule is Cc1cc2c3c(c1)nc(-c1[c-]cccc1)n3CC=C2.Cc1ccc2c(n1)oc1c(-c3ccccn3)[c-]ccc12.[Ir]. The number of rotatable bonds is 2. The maximum atomic E-state index is 5.94. The Hall–Kier alpha value is -4.38. The summed E-state index contributed by atoms with van der Waals surface area (Å²) in [4.78, 5) is 13.6. The van der Waals surface area contributed by atoms with Crippen LogP contribution in [0, 0.1) is 26.0 Å². The zero-order valence-corrected chi connectivity index (χ0v) is 24.4. The molecule has 1 aliphatic rings. The Kier molecular flexibility index (Phi) is 6.89. The van der Waals surface area contributed by atoms with Gasteiger partial charge >= 0.3 is 0 Å². The van der Waals surface area contributed by atoms with E-state index >= 15 is 0 Å². The monoisotopic (exact) mass is 697 g/mol. The number of nitrogens with zero attached hydrogens (tertiary/aromatic N) is 4. The van der Waals surface area contributed by atoms with Gasteiger partial charge in [-0.05, 0) is 61.0 Å². The average molecular weight is 697 g/mol. The van der Waals surface area contributed by atoms with Crippen molar-refractivity contribution in [2.45, 2.75) is 20.4 Å². The van der Waals surface area contributed by atoms with E-state index in [2.05, 4.69) is 63.9 Å². The summed E-state index contributed by atoms with van der Waals surface area (Å²) in [6, 6.07) is 32.6. The van der Waals surface area contributed by atoms with Gasteiger partial charge in [-0.25, -0.2) is 4.98 Å². The van der Waals surface area contributed by atoms with Crippen molar-refractivity contribution in [3.8, 4) is 22.6 Å². The Morgan fingerprint density at radius 2 is 1.77 bits per heavy atom. The van der Waals surface area contributed by atoms with Crippen molar-refractivity contribution in [1.29, 1.82) is 0 Å². The van der Waals surface area contributed by atoms with E-state index in [1.807, 2.05) is 67.6 Å². The van der Waals surface area contributed by atoms with Crippen molar-refractivity contribution >= 4 is 39.2 Å². The molecular formula is C34H24IrN4O-2. The minimum absolute atomic E-state index is 0. The van der Waals surface area contributed by atoms with Crippen LogP contribution < -0.4 is 0 Å². The first-order valence-electron chi connectivity index (χ1n) is 12.9. The third kappa shape index (κ3) is 4.55. The fraction of sp³-hybridized carbons (Fsp3) is 0.0882. The number of hydrogen-bond donors (Lipinski definition) is 0. The Labute approximate surface area is 245 Å². The molecule has 0 fully saturated rings. The fourth-order valence-electron chi connectivity index (χ4n) is 5.19. The second-order valence-corrected chi connectivity index (χ2v) is 9.66. The van der Waals surface area contributed by atoms with Crippen LogP contribution in [-0.4, -0.2) is 19.5 Å². The number of aryl methyl sites for hydroxylation is 2. The van der Waals surface area contributed by atoms with Crippen molar-refractivity contribution in [3.05, 3.63) is 120 Å². The van der Waals surface area contributed by atoms with E-state index in [1.165, 1.54) is 16.6 Å². The molecule has 1 aliphatic heterocycles. The van der Waals surface area contributed by atoms with Gasteiger partial charge in [-0.2, -0.15) is 0 Å². The molecule has 0 N–H and O–H groups in total. The summed E-state index contributed by atoms with van der Waals surface area (Å²) in [5, 5.41) is 2.07. The van der Waals surface area contributed by atoms with Crippen LogP contribution in [0.4, 0.5) is 0 Å². The van der Waals surface area contributed by atoms with Gasteiger partial charge < -0.3 is 14.0 Å². The van der Waals surface area contributed by atoms with E-state index < -0.39 is 0 Å². The molecule has 7 aromatic rings. The molecule has 0 amide bonds. The first-order chi connectivity index (χ1) is 19.2. The Balaban J connectivity index is 0.000000141. The van der Waals surface area contributed by atoms with E-state index in [1.54, 1.807) is 6.20 Å². The van der Waals surface area contributed by atoms with Crippen LogP contribution in [0.3, 0.4) is 0 Å². The number of aromatic nitrogens is 4. The minimum atomic E-state index is 0. The van der Waals surface area contributed by atoms with Gasteiger partial charge in [0.2, 0.25) is 5.71 Å². The third-order valence-electron chi connectivity index (χ3n) is 6.91. The predicted octanol–water partition coefficient (Wildman–Crippen LogP) is 7.99. The summed E-state index contributed by atoms with van der Waals surface area (Å²) in [6.45, 7) is 4.95. The fourth-order valence-corrected chi connectivity index (χ4v) is 5.19. The Morgan fingerprint density at radius 1 is 0.875 bits per heavy atom. The zero-order valence-electron chi connectivity index (χ0n) is 22.0. The van der Waals surface area contributed by atoms with E-state index in [0.29, 0.717) is 5.71 Å². The van der Waals surface area contributed by atoms with Gasteiger partial charge in [0.15, 0.2) is 0 Å². The van der Waals surface area contributed by atoms with Crippen LogP contribution in [-0.2, 0) is 26.7 Å². The summed E-state index contributed by atoms with van der Waals surface area (Å²) in [6.07, 6.45) is 6.15. The molecule has 5 nitrogen and oxygen atoms in total. The van der Waals surface area contributed by atoms with Crippen molar-refractivity contribution in [3.63, 3.8) is 0 Å². The number of imidazole rings is 1. The largest absolute Gasteiger partial charge is 0.486 e. The molecule has 0 aliphatic carbocycles. The van der Waals surface area contributed by atoms with Gasteiger partial charge in [0.1, 0.15) is 0 Å². The van der Waals surface area contributed by atoms with Crippen LogP contribution in [0.5, 0.6) is 0 Å². The molecule has 197 valence electrons. The summed E-state index contributed by atoms with van der Waals surface area (Å²) in [5.41, 5.74) is 10.0. The molecule has 3 aromatic carbocycles.